The lowest BCUT2D eigenvalue weighted by Crippen LogP contribution is -2.26. The van der Waals surface area contributed by atoms with Gasteiger partial charge in [0, 0.05) is 6.54 Å². The van der Waals surface area contributed by atoms with Gasteiger partial charge in [-0.1, -0.05) is 0 Å². The number of tetrazole rings is 1. The van der Waals surface area contributed by atoms with Gasteiger partial charge in [-0.25, -0.2) is 21.9 Å². The fourth-order valence-corrected chi connectivity index (χ4v) is 3.20. The molecule has 2 heterocycles. The average molecular weight is 396 g/mol. The van der Waals surface area contributed by atoms with Crippen molar-refractivity contribution in [3.8, 4) is 11.4 Å². The smallest absolute Gasteiger partial charge is 0.240 e. The molecular weight excluding hydrogens is 382 g/mol. The highest BCUT2D eigenvalue weighted by Gasteiger charge is 2.18. The first-order valence-corrected chi connectivity index (χ1v) is 9.16. The molecule has 0 unspecified atom stereocenters. The third-order valence-electron chi connectivity index (χ3n) is 3.44. The van der Waals surface area contributed by atoms with Crippen LogP contribution in [0.1, 0.15) is 5.69 Å². The normalized spacial score (nSPS) is 11.7. The molecule has 142 valence electrons. The van der Waals surface area contributed by atoms with Crippen LogP contribution >= 0.6 is 0 Å². The summed E-state index contributed by atoms with van der Waals surface area (Å²) in [6.07, 6.45) is 1.05. The molecule has 12 heteroatoms. The fourth-order valence-electron chi connectivity index (χ4n) is 2.17. The fraction of sp³-hybridized carbons (Fsp3) is 0.200. The number of nitrogens with one attached hydrogen (secondary N) is 1. The molecule has 27 heavy (non-hydrogen) atoms. The zero-order valence-electron chi connectivity index (χ0n) is 13.7. The van der Waals surface area contributed by atoms with E-state index in [9.17, 15) is 17.2 Å². The van der Waals surface area contributed by atoms with E-state index in [0.717, 1.165) is 17.1 Å². The number of pyridine rings is 1. The molecule has 9 nitrogen and oxygen atoms in total. The highest BCUT2D eigenvalue weighted by molar-refractivity contribution is 7.89. The van der Waals surface area contributed by atoms with Gasteiger partial charge < -0.3 is 5.11 Å². The van der Waals surface area contributed by atoms with Crippen molar-refractivity contribution in [2.45, 2.75) is 11.4 Å². The van der Waals surface area contributed by atoms with Crippen LogP contribution in [0.4, 0.5) is 8.78 Å². The lowest BCUT2D eigenvalue weighted by atomic mass is 10.2. The van der Waals surface area contributed by atoms with Crippen molar-refractivity contribution in [2.24, 2.45) is 0 Å². The molecule has 0 aliphatic rings. The minimum atomic E-state index is -3.93. The van der Waals surface area contributed by atoms with Gasteiger partial charge >= 0.3 is 0 Å². The molecule has 0 amide bonds. The van der Waals surface area contributed by atoms with Crippen LogP contribution in [-0.2, 0) is 16.6 Å². The zero-order valence-corrected chi connectivity index (χ0v) is 14.6. The summed E-state index contributed by atoms with van der Waals surface area (Å²) < 4.78 is 53.2. The number of rotatable bonds is 7. The maximum Gasteiger partial charge on any atom is 0.240 e. The summed E-state index contributed by atoms with van der Waals surface area (Å²) in [4.78, 5) is 4.73. The van der Waals surface area contributed by atoms with Gasteiger partial charge in [-0.05, 0) is 35.5 Å². The molecule has 0 radical (unpaired) electrons. The SMILES string of the molecule is O=S(=O)(NCCO)c1ccc(-c2nnn(Cc3ccc(F)cn3)n2)c(F)c1. The quantitative estimate of drug-likeness (QED) is 0.590. The molecule has 3 aromatic rings. The number of sulfonamides is 1. The lowest BCUT2D eigenvalue weighted by molar-refractivity contribution is 0.301. The number of hydrogen-bond donors (Lipinski definition) is 2. The molecule has 0 saturated carbocycles. The van der Waals surface area contributed by atoms with Gasteiger partial charge in [-0.15, -0.1) is 10.2 Å². The highest BCUT2D eigenvalue weighted by Crippen LogP contribution is 2.22. The maximum atomic E-state index is 14.4. The van der Waals surface area contributed by atoms with E-state index in [4.69, 9.17) is 5.11 Å². The third kappa shape index (κ3) is 4.48. The number of aliphatic hydroxyl groups is 1. The molecule has 0 bridgehead atoms. The van der Waals surface area contributed by atoms with Gasteiger partial charge in [-0.3, -0.25) is 4.98 Å². The van der Waals surface area contributed by atoms with Crippen molar-refractivity contribution >= 4 is 10.0 Å². The van der Waals surface area contributed by atoms with E-state index in [0.29, 0.717) is 5.69 Å². The van der Waals surface area contributed by atoms with Crippen molar-refractivity contribution < 1.29 is 22.3 Å². The molecule has 0 aliphatic heterocycles. The Morgan fingerprint density at radius 2 is 2.00 bits per heavy atom. The van der Waals surface area contributed by atoms with Gasteiger partial charge in [0.15, 0.2) is 0 Å². The van der Waals surface area contributed by atoms with Crippen molar-refractivity contribution in [2.75, 3.05) is 13.2 Å². The lowest BCUT2D eigenvalue weighted by Gasteiger charge is -2.06. The van der Waals surface area contributed by atoms with Gasteiger partial charge in [-0.2, -0.15) is 4.80 Å². The third-order valence-corrected chi connectivity index (χ3v) is 4.90. The van der Waals surface area contributed by atoms with Crippen LogP contribution in [0.15, 0.2) is 41.4 Å². The van der Waals surface area contributed by atoms with Crippen molar-refractivity contribution in [1.82, 2.24) is 29.9 Å². The number of nitrogens with zero attached hydrogens (tertiary/aromatic N) is 5. The maximum absolute atomic E-state index is 14.4. The van der Waals surface area contributed by atoms with E-state index in [2.05, 4.69) is 25.1 Å². The molecule has 0 fully saturated rings. The molecule has 0 saturated heterocycles. The van der Waals surface area contributed by atoms with E-state index in [1.165, 1.54) is 24.3 Å². The number of benzene rings is 1. The molecule has 0 aliphatic carbocycles. The van der Waals surface area contributed by atoms with Crippen LogP contribution in [0, 0.1) is 11.6 Å². The second-order valence-corrected chi connectivity index (χ2v) is 7.14. The molecule has 3 rings (SSSR count). The van der Waals surface area contributed by atoms with E-state index >= 15 is 0 Å². The molecule has 2 aromatic heterocycles. The van der Waals surface area contributed by atoms with Crippen molar-refractivity contribution in [3.05, 3.63) is 53.9 Å². The molecule has 0 spiro atoms. The summed E-state index contributed by atoms with van der Waals surface area (Å²) in [5.41, 5.74) is 0.451. The van der Waals surface area contributed by atoms with E-state index in [1.807, 2.05) is 0 Å². The van der Waals surface area contributed by atoms with E-state index in [-0.39, 0.29) is 36.0 Å². The Kier molecular flexibility index (Phi) is 5.48. The van der Waals surface area contributed by atoms with Crippen LogP contribution in [0.3, 0.4) is 0 Å². The predicted octanol–water partition coefficient (Wildman–Crippen LogP) is 0.332. The standard InChI is InChI=1S/C15H14F2N6O3S/c16-10-1-2-11(18-8-10)9-23-21-15(20-22-23)13-4-3-12(7-14(13)17)27(25,26)19-5-6-24/h1-4,7-8,19,24H,5-6,9H2. The molecule has 2 N–H and O–H groups in total. The van der Waals surface area contributed by atoms with Crippen LogP contribution < -0.4 is 4.72 Å². The first-order valence-electron chi connectivity index (χ1n) is 7.68. The van der Waals surface area contributed by atoms with E-state index < -0.39 is 21.7 Å². The number of aromatic nitrogens is 5. The van der Waals surface area contributed by atoms with Crippen molar-refractivity contribution in [1.29, 1.82) is 0 Å². The van der Waals surface area contributed by atoms with Crippen molar-refractivity contribution in [3.63, 3.8) is 0 Å². The molecule has 0 atom stereocenters. The molecule has 1 aromatic carbocycles. The average Bonchev–Trinajstić information content (AvgIpc) is 3.10. The minimum Gasteiger partial charge on any atom is -0.395 e. The van der Waals surface area contributed by atoms with Gasteiger partial charge in [0.1, 0.15) is 18.2 Å². The van der Waals surface area contributed by atoms with Crippen LogP contribution in [0.2, 0.25) is 0 Å². The van der Waals surface area contributed by atoms with Crippen LogP contribution in [-0.4, -0.2) is 51.9 Å². The number of hydrogen-bond acceptors (Lipinski definition) is 7. The summed E-state index contributed by atoms with van der Waals surface area (Å²) in [5, 5.41) is 20.2. The first kappa shape index (κ1) is 18.9. The zero-order chi connectivity index (χ0) is 19.4. The monoisotopic (exact) mass is 396 g/mol. The van der Waals surface area contributed by atoms with Gasteiger partial charge in [0.05, 0.1) is 29.0 Å². The van der Waals surface area contributed by atoms with Crippen LogP contribution in [0.5, 0.6) is 0 Å². The summed E-state index contributed by atoms with van der Waals surface area (Å²) in [7, 11) is -3.93. The Balaban J connectivity index is 1.81. The predicted molar refractivity (Wildman–Crippen MR) is 88.8 cm³/mol. The van der Waals surface area contributed by atoms with Gasteiger partial charge in [0.25, 0.3) is 0 Å². The Hall–Kier alpha value is -2.83. The largest absolute Gasteiger partial charge is 0.395 e. The minimum absolute atomic E-state index is 0.0329. The summed E-state index contributed by atoms with van der Waals surface area (Å²) in [5.74, 6) is -1.36. The first-order chi connectivity index (χ1) is 12.9. The van der Waals surface area contributed by atoms with Gasteiger partial charge in [0.2, 0.25) is 15.8 Å². The number of aliphatic hydroxyl groups excluding tert-OH is 1. The van der Waals surface area contributed by atoms with Crippen LogP contribution in [0.25, 0.3) is 11.4 Å². The Morgan fingerprint density at radius 1 is 1.19 bits per heavy atom. The second-order valence-electron chi connectivity index (χ2n) is 5.37. The second kappa shape index (κ2) is 7.82. The van der Waals surface area contributed by atoms with E-state index in [1.54, 1.807) is 0 Å². The Morgan fingerprint density at radius 3 is 2.67 bits per heavy atom. The summed E-state index contributed by atoms with van der Waals surface area (Å²) >= 11 is 0. The topological polar surface area (TPSA) is 123 Å². The summed E-state index contributed by atoms with van der Waals surface area (Å²) in [6.45, 7) is -0.457. The Bertz CT molecular complexity index is 1040. The summed E-state index contributed by atoms with van der Waals surface area (Å²) in [6, 6.07) is 5.94. The Labute approximate surface area is 152 Å². The number of halogens is 2. The molecular formula is C15H14F2N6O3S. The highest BCUT2D eigenvalue weighted by atomic mass is 32.2.